The van der Waals surface area contributed by atoms with Crippen LogP contribution in [-0.2, 0) is 6.42 Å². The van der Waals surface area contributed by atoms with E-state index >= 15 is 0 Å². The Morgan fingerprint density at radius 3 is 2.32 bits per heavy atom. The lowest BCUT2D eigenvalue weighted by Gasteiger charge is -2.03. The molecule has 1 aromatic heterocycles. The molecule has 0 fully saturated rings. The second-order valence-electron chi connectivity index (χ2n) is 4.77. The molecule has 1 N–H and O–H groups in total. The molecule has 2 rings (SSSR count). The Hall–Kier alpha value is -1.90. The van der Waals surface area contributed by atoms with Gasteiger partial charge in [-0.2, -0.15) is 10.2 Å². The molecule has 0 aliphatic rings. The Bertz CT molecular complexity index is 491. The molecule has 0 amide bonds. The number of aromatic nitrogens is 2. The summed E-state index contributed by atoms with van der Waals surface area (Å²) >= 11 is 0. The first-order valence-corrected chi connectivity index (χ1v) is 6.91. The van der Waals surface area contributed by atoms with E-state index in [4.69, 9.17) is 0 Å². The van der Waals surface area contributed by atoms with Gasteiger partial charge in [-0.1, -0.05) is 26.2 Å². The van der Waals surface area contributed by atoms with Crippen molar-refractivity contribution in [3.05, 3.63) is 42.1 Å². The van der Waals surface area contributed by atoms with Crippen molar-refractivity contribution in [2.45, 2.75) is 39.0 Å². The van der Waals surface area contributed by atoms with Crippen molar-refractivity contribution < 1.29 is 5.11 Å². The van der Waals surface area contributed by atoms with Crippen molar-refractivity contribution in [1.29, 1.82) is 0 Å². The van der Waals surface area contributed by atoms with Crippen LogP contribution in [0, 0.1) is 0 Å². The maximum absolute atomic E-state index is 9.25. The fourth-order valence-electron chi connectivity index (χ4n) is 2.01. The van der Waals surface area contributed by atoms with Gasteiger partial charge in [0.1, 0.15) is 5.75 Å². The number of unbranched alkanes of at least 4 members (excludes halogenated alkanes) is 3. The van der Waals surface area contributed by atoms with Crippen molar-refractivity contribution in [2.24, 2.45) is 0 Å². The quantitative estimate of drug-likeness (QED) is 0.795. The summed E-state index contributed by atoms with van der Waals surface area (Å²) in [6.07, 6.45) is 5.99. The SMILES string of the molecule is CCCCCCc1ccc(-c2ccc(O)cc2)nn1. The van der Waals surface area contributed by atoms with E-state index < -0.39 is 0 Å². The van der Waals surface area contributed by atoms with Gasteiger partial charge in [-0.05, 0) is 49.2 Å². The van der Waals surface area contributed by atoms with Gasteiger partial charge in [0.15, 0.2) is 0 Å². The van der Waals surface area contributed by atoms with Gasteiger partial charge < -0.3 is 5.11 Å². The Morgan fingerprint density at radius 2 is 1.68 bits per heavy atom. The molecule has 1 aromatic carbocycles. The number of hydrogen-bond acceptors (Lipinski definition) is 3. The van der Waals surface area contributed by atoms with Crippen LogP contribution >= 0.6 is 0 Å². The topological polar surface area (TPSA) is 46.0 Å². The zero-order chi connectivity index (χ0) is 13.5. The van der Waals surface area contributed by atoms with Gasteiger partial charge in [0.05, 0.1) is 11.4 Å². The van der Waals surface area contributed by atoms with Gasteiger partial charge in [0.25, 0.3) is 0 Å². The smallest absolute Gasteiger partial charge is 0.115 e. The highest BCUT2D eigenvalue weighted by Crippen LogP contribution is 2.19. The lowest BCUT2D eigenvalue weighted by molar-refractivity contribution is 0.475. The van der Waals surface area contributed by atoms with Crippen molar-refractivity contribution in [2.75, 3.05) is 0 Å². The number of aromatic hydroxyl groups is 1. The van der Waals surface area contributed by atoms with Crippen molar-refractivity contribution >= 4 is 0 Å². The summed E-state index contributed by atoms with van der Waals surface area (Å²) in [4.78, 5) is 0. The van der Waals surface area contributed by atoms with Crippen molar-refractivity contribution in [3.63, 3.8) is 0 Å². The molecule has 0 aliphatic heterocycles. The summed E-state index contributed by atoms with van der Waals surface area (Å²) in [6, 6.07) is 11.1. The molecule has 0 radical (unpaired) electrons. The van der Waals surface area contributed by atoms with Gasteiger partial charge >= 0.3 is 0 Å². The average molecular weight is 256 g/mol. The van der Waals surface area contributed by atoms with E-state index in [-0.39, 0.29) is 5.75 Å². The van der Waals surface area contributed by atoms with Gasteiger partial charge in [-0.3, -0.25) is 0 Å². The highest BCUT2D eigenvalue weighted by molar-refractivity contribution is 5.59. The third-order valence-corrected chi connectivity index (χ3v) is 3.17. The summed E-state index contributed by atoms with van der Waals surface area (Å²) in [5, 5.41) is 17.8. The van der Waals surface area contributed by atoms with Gasteiger partial charge in [0.2, 0.25) is 0 Å². The summed E-state index contributed by atoms with van der Waals surface area (Å²) in [5.41, 5.74) is 2.87. The molecule has 19 heavy (non-hydrogen) atoms. The third-order valence-electron chi connectivity index (χ3n) is 3.17. The van der Waals surface area contributed by atoms with E-state index in [1.54, 1.807) is 12.1 Å². The Kier molecular flexibility index (Phi) is 4.90. The summed E-state index contributed by atoms with van der Waals surface area (Å²) < 4.78 is 0. The Labute approximate surface area is 114 Å². The predicted octanol–water partition coefficient (Wildman–Crippen LogP) is 3.97. The molecule has 0 saturated heterocycles. The van der Waals surface area contributed by atoms with E-state index in [0.717, 1.165) is 23.4 Å². The van der Waals surface area contributed by atoms with E-state index in [2.05, 4.69) is 17.1 Å². The second kappa shape index (κ2) is 6.88. The highest BCUT2D eigenvalue weighted by atomic mass is 16.3. The number of phenolic OH excluding ortho intramolecular Hbond substituents is 1. The van der Waals surface area contributed by atoms with E-state index in [9.17, 15) is 5.11 Å². The maximum Gasteiger partial charge on any atom is 0.115 e. The van der Waals surface area contributed by atoms with E-state index in [0.29, 0.717) is 0 Å². The van der Waals surface area contributed by atoms with Crippen LogP contribution < -0.4 is 0 Å². The molecule has 0 bridgehead atoms. The zero-order valence-corrected chi connectivity index (χ0v) is 11.3. The highest BCUT2D eigenvalue weighted by Gasteiger charge is 2.01. The standard InChI is InChI=1S/C16H20N2O/c1-2-3-4-5-6-14-9-12-16(18-17-14)13-7-10-15(19)11-8-13/h7-12,19H,2-6H2,1H3. The number of benzene rings is 1. The minimum atomic E-state index is 0.268. The first-order valence-electron chi connectivity index (χ1n) is 6.91. The molecule has 2 aromatic rings. The minimum absolute atomic E-state index is 0.268. The van der Waals surface area contributed by atoms with Crippen LogP contribution in [0.25, 0.3) is 11.3 Å². The van der Waals surface area contributed by atoms with Crippen LogP contribution in [0.1, 0.15) is 38.3 Å². The molecule has 1 heterocycles. The molecule has 0 atom stereocenters. The van der Waals surface area contributed by atoms with Crippen LogP contribution in [0.3, 0.4) is 0 Å². The summed E-state index contributed by atoms with van der Waals surface area (Å²) in [7, 11) is 0. The molecule has 0 saturated carbocycles. The van der Waals surface area contributed by atoms with Gasteiger partial charge in [-0.25, -0.2) is 0 Å². The number of phenols is 1. The molecule has 0 aliphatic carbocycles. The predicted molar refractivity (Wildman–Crippen MR) is 77.0 cm³/mol. The van der Waals surface area contributed by atoms with Gasteiger partial charge in [-0.15, -0.1) is 0 Å². The lowest BCUT2D eigenvalue weighted by Crippen LogP contribution is -1.95. The average Bonchev–Trinajstić information content (AvgIpc) is 2.45. The summed E-state index contributed by atoms with van der Waals surface area (Å²) in [6.45, 7) is 2.21. The second-order valence-corrected chi connectivity index (χ2v) is 4.77. The van der Waals surface area contributed by atoms with Crippen molar-refractivity contribution in [3.8, 4) is 17.0 Å². The van der Waals surface area contributed by atoms with Crippen LogP contribution in [0.5, 0.6) is 5.75 Å². The van der Waals surface area contributed by atoms with Crippen molar-refractivity contribution in [1.82, 2.24) is 10.2 Å². The fourth-order valence-corrected chi connectivity index (χ4v) is 2.01. The molecule has 100 valence electrons. The largest absolute Gasteiger partial charge is 0.508 e. The molecule has 0 unspecified atom stereocenters. The molecule has 0 spiro atoms. The number of rotatable bonds is 6. The normalized spacial score (nSPS) is 10.6. The Balaban J connectivity index is 1.96. The molecular formula is C16H20N2O. The first-order chi connectivity index (χ1) is 9.29. The molecular weight excluding hydrogens is 236 g/mol. The van der Waals surface area contributed by atoms with Crippen LogP contribution in [0.4, 0.5) is 0 Å². The minimum Gasteiger partial charge on any atom is -0.508 e. The third kappa shape index (κ3) is 4.05. The Morgan fingerprint density at radius 1 is 0.895 bits per heavy atom. The van der Waals surface area contributed by atoms with Crippen LogP contribution in [0.2, 0.25) is 0 Å². The molecule has 3 nitrogen and oxygen atoms in total. The maximum atomic E-state index is 9.25. The van der Waals surface area contributed by atoms with E-state index in [1.807, 2.05) is 24.3 Å². The molecule has 3 heteroatoms. The fraction of sp³-hybridized carbons (Fsp3) is 0.375. The number of aryl methyl sites for hydroxylation is 1. The van der Waals surface area contributed by atoms with E-state index in [1.165, 1.54) is 25.7 Å². The zero-order valence-electron chi connectivity index (χ0n) is 11.3. The van der Waals surface area contributed by atoms with Crippen LogP contribution in [0.15, 0.2) is 36.4 Å². The first kappa shape index (κ1) is 13.5. The number of hydrogen-bond donors (Lipinski definition) is 1. The lowest BCUT2D eigenvalue weighted by atomic mass is 10.1. The summed E-state index contributed by atoms with van der Waals surface area (Å²) in [5.74, 6) is 0.268. The van der Waals surface area contributed by atoms with Crippen LogP contribution in [-0.4, -0.2) is 15.3 Å². The van der Waals surface area contributed by atoms with Gasteiger partial charge in [0, 0.05) is 5.56 Å². The monoisotopic (exact) mass is 256 g/mol. The number of nitrogens with zero attached hydrogens (tertiary/aromatic N) is 2.